The first-order valence-electron chi connectivity index (χ1n) is 18.4. The Morgan fingerprint density at radius 2 is 0.778 bits per heavy atom. The summed E-state index contributed by atoms with van der Waals surface area (Å²) in [6.45, 7) is 0. The van der Waals surface area contributed by atoms with Gasteiger partial charge in [-0.2, -0.15) is 0 Å². The van der Waals surface area contributed by atoms with Gasteiger partial charge in [-0.15, -0.1) is 11.3 Å². The van der Waals surface area contributed by atoms with Crippen molar-refractivity contribution >= 4 is 59.3 Å². The molecule has 0 fully saturated rings. The van der Waals surface area contributed by atoms with Crippen molar-refractivity contribution in [3.05, 3.63) is 212 Å². The zero-order valence-corrected chi connectivity index (χ0v) is 30.4. The molecular formula is C52H35NS. The fourth-order valence-corrected chi connectivity index (χ4v) is 8.93. The molecule has 254 valence electrons. The maximum atomic E-state index is 2.42. The highest BCUT2D eigenvalue weighted by molar-refractivity contribution is 7.26. The lowest BCUT2D eigenvalue weighted by molar-refractivity contribution is 1.30. The second-order valence-electron chi connectivity index (χ2n) is 13.7. The standard InChI is InChI=1S/C52H35NS/c1-3-12-36(13-4-1)40-22-24-43-35-41(23-25-42(43)34-40)37-26-30-44(31-27-37)53(49-19-11-21-51-52(49)48-18-9-10-20-50(48)54-51)45-32-28-39(29-33-45)47-17-8-7-16-46(47)38-14-5-2-6-15-38/h1-35H. The van der Waals surface area contributed by atoms with Gasteiger partial charge in [0, 0.05) is 31.5 Å². The summed E-state index contributed by atoms with van der Waals surface area (Å²) in [7, 11) is 0. The lowest BCUT2D eigenvalue weighted by Gasteiger charge is -2.27. The van der Waals surface area contributed by atoms with E-state index in [0.717, 1.165) is 11.4 Å². The van der Waals surface area contributed by atoms with Crippen molar-refractivity contribution in [3.63, 3.8) is 0 Å². The van der Waals surface area contributed by atoms with Gasteiger partial charge in [-0.25, -0.2) is 0 Å². The van der Waals surface area contributed by atoms with Crippen LogP contribution in [0.2, 0.25) is 0 Å². The fourth-order valence-electron chi connectivity index (χ4n) is 7.80. The molecule has 0 saturated heterocycles. The summed E-state index contributed by atoms with van der Waals surface area (Å²) < 4.78 is 2.59. The molecule has 1 nitrogen and oxygen atoms in total. The van der Waals surface area contributed by atoms with Crippen LogP contribution in [0.3, 0.4) is 0 Å². The Kier molecular flexibility index (Phi) is 8.09. The third-order valence-corrected chi connectivity index (χ3v) is 11.6. The van der Waals surface area contributed by atoms with Crippen LogP contribution in [0.4, 0.5) is 17.1 Å². The van der Waals surface area contributed by atoms with Crippen LogP contribution in [0.1, 0.15) is 0 Å². The number of anilines is 3. The van der Waals surface area contributed by atoms with Gasteiger partial charge in [0.25, 0.3) is 0 Å². The van der Waals surface area contributed by atoms with E-state index in [1.807, 2.05) is 11.3 Å². The van der Waals surface area contributed by atoms with Gasteiger partial charge in [0.2, 0.25) is 0 Å². The van der Waals surface area contributed by atoms with Crippen LogP contribution in [-0.4, -0.2) is 0 Å². The molecule has 54 heavy (non-hydrogen) atoms. The van der Waals surface area contributed by atoms with Crippen LogP contribution < -0.4 is 4.90 Å². The molecule has 0 aliphatic heterocycles. The molecule has 0 unspecified atom stereocenters. The van der Waals surface area contributed by atoms with Gasteiger partial charge < -0.3 is 4.90 Å². The van der Waals surface area contributed by atoms with Gasteiger partial charge in [0.15, 0.2) is 0 Å². The summed E-state index contributed by atoms with van der Waals surface area (Å²) >= 11 is 1.86. The van der Waals surface area contributed by atoms with E-state index in [1.54, 1.807) is 0 Å². The van der Waals surface area contributed by atoms with Crippen molar-refractivity contribution in [2.75, 3.05) is 4.90 Å². The summed E-state index contributed by atoms with van der Waals surface area (Å²) in [5, 5.41) is 5.05. The van der Waals surface area contributed by atoms with Crippen molar-refractivity contribution in [3.8, 4) is 44.5 Å². The molecule has 1 heterocycles. The molecule has 0 N–H and O–H groups in total. The van der Waals surface area contributed by atoms with E-state index < -0.39 is 0 Å². The van der Waals surface area contributed by atoms with Crippen molar-refractivity contribution in [1.29, 1.82) is 0 Å². The fraction of sp³-hybridized carbons (Fsp3) is 0. The first kappa shape index (κ1) is 32.0. The molecule has 1 aromatic heterocycles. The summed E-state index contributed by atoms with van der Waals surface area (Å²) in [6.07, 6.45) is 0. The summed E-state index contributed by atoms with van der Waals surface area (Å²) in [5.41, 5.74) is 13.2. The maximum Gasteiger partial charge on any atom is 0.0554 e. The molecule has 10 rings (SSSR count). The smallest absolute Gasteiger partial charge is 0.0554 e. The third kappa shape index (κ3) is 5.84. The molecular weight excluding hydrogens is 671 g/mol. The van der Waals surface area contributed by atoms with Gasteiger partial charge in [0.1, 0.15) is 0 Å². The average molecular weight is 706 g/mol. The molecule has 0 atom stereocenters. The molecule has 0 radical (unpaired) electrons. The minimum absolute atomic E-state index is 1.12. The zero-order chi connectivity index (χ0) is 35.8. The second kappa shape index (κ2) is 13.7. The van der Waals surface area contributed by atoms with Crippen molar-refractivity contribution in [2.45, 2.75) is 0 Å². The molecule has 0 aliphatic rings. The first-order valence-corrected chi connectivity index (χ1v) is 19.2. The van der Waals surface area contributed by atoms with Gasteiger partial charge in [-0.3, -0.25) is 0 Å². The van der Waals surface area contributed by atoms with E-state index in [-0.39, 0.29) is 0 Å². The molecule has 0 bridgehead atoms. The Morgan fingerprint density at radius 3 is 1.41 bits per heavy atom. The summed E-state index contributed by atoms with van der Waals surface area (Å²) in [6, 6.07) is 77.1. The Balaban J connectivity index is 1.06. The van der Waals surface area contributed by atoms with E-state index in [2.05, 4.69) is 217 Å². The number of rotatable bonds is 7. The normalized spacial score (nSPS) is 11.3. The highest BCUT2D eigenvalue weighted by Crippen LogP contribution is 2.45. The molecule has 0 saturated carbocycles. The number of hydrogen-bond donors (Lipinski definition) is 0. The molecule has 0 aliphatic carbocycles. The third-order valence-electron chi connectivity index (χ3n) is 10.5. The topological polar surface area (TPSA) is 3.24 Å². The second-order valence-corrected chi connectivity index (χ2v) is 14.8. The van der Waals surface area contributed by atoms with Gasteiger partial charge >= 0.3 is 0 Å². The number of nitrogens with zero attached hydrogens (tertiary/aromatic N) is 1. The van der Waals surface area contributed by atoms with Crippen LogP contribution in [0.15, 0.2) is 212 Å². The van der Waals surface area contributed by atoms with Crippen LogP contribution >= 0.6 is 11.3 Å². The Morgan fingerprint density at radius 1 is 0.315 bits per heavy atom. The zero-order valence-electron chi connectivity index (χ0n) is 29.6. The van der Waals surface area contributed by atoms with Gasteiger partial charge in [0.05, 0.1) is 5.69 Å². The Bertz CT molecular complexity index is 2910. The molecule has 2 heteroatoms. The molecule has 0 amide bonds. The van der Waals surface area contributed by atoms with Crippen LogP contribution in [0, 0.1) is 0 Å². The van der Waals surface area contributed by atoms with E-state index in [4.69, 9.17) is 0 Å². The minimum Gasteiger partial charge on any atom is -0.310 e. The van der Waals surface area contributed by atoms with Crippen LogP contribution in [0.5, 0.6) is 0 Å². The predicted molar refractivity (Wildman–Crippen MR) is 233 cm³/mol. The van der Waals surface area contributed by atoms with E-state index in [1.165, 1.54) is 81.1 Å². The average Bonchev–Trinajstić information content (AvgIpc) is 3.64. The molecule has 9 aromatic carbocycles. The van der Waals surface area contributed by atoms with E-state index >= 15 is 0 Å². The first-order chi connectivity index (χ1) is 26.8. The molecule has 0 spiro atoms. The highest BCUT2D eigenvalue weighted by Gasteiger charge is 2.19. The Labute approximate surface area is 319 Å². The quantitative estimate of drug-likeness (QED) is 0.160. The van der Waals surface area contributed by atoms with Gasteiger partial charge in [-0.1, -0.05) is 158 Å². The number of fused-ring (bicyclic) bond motifs is 4. The maximum absolute atomic E-state index is 2.42. The lowest BCUT2D eigenvalue weighted by atomic mass is 9.94. The number of thiophene rings is 1. The lowest BCUT2D eigenvalue weighted by Crippen LogP contribution is -2.10. The van der Waals surface area contributed by atoms with Crippen molar-refractivity contribution < 1.29 is 0 Å². The number of hydrogen-bond acceptors (Lipinski definition) is 2. The van der Waals surface area contributed by atoms with Crippen LogP contribution in [0.25, 0.3) is 75.5 Å². The monoisotopic (exact) mass is 705 g/mol. The number of benzene rings is 9. The SMILES string of the molecule is c1ccc(-c2ccc3cc(-c4ccc(N(c5ccc(-c6ccccc6-c6ccccc6)cc5)c5cccc6sc7ccccc7c56)cc4)ccc3c2)cc1. The van der Waals surface area contributed by atoms with E-state index in [9.17, 15) is 0 Å². The van der Waals surface area contributed by atoms with Gasteiger partial charge in [-0.05, 0) is 110 Å². The largest absolute Gasteiger partial charge is 0.310 e. The highest BCUT2D eigenvalue weighted by atomic mass is 32.1. The van der Waals surface area contributed by atoms with Crippen molar-refractivity contribution in [2.24, 2.45) is 0 Å². The van der Waals surface area contributed by atoms with Crippen LogP contribution in [-0.2, 0) is 0 Å². The summed E-state index contributed by atoms with van der Waals surface area (Å²) in [5.74, 6) is 0. The minimum atomic E-state index is 1.12. The summed E-state index contributed by atoms with van der Waals surface area (Å²) in [4.78, 5) is 2.42. The Hall–Kier alpha value is -6.74. The predicted octanol–water partition coefficient (Wildman–Crippen LogP) is 15.3. The molecule has 10 aromatic rings. The van der Waals surface area contributed by atoms with Crippen molar-refractivity contribution in [1.82, 2.24) is 0 Å². The van der Waals surface area contributed by atoms with E-state index in [0.29, 0.717) is 0 Å².